The van der Waals surface area contributed by atoms with Crippen LogP contribution < -0.4 is 15.0 Å². The molecule has 0 amide bonds. The van der Waals surface area contributed by atoms with Crippen molar-refractivity contribution in [2.45, 2.75) is 51.7 Å². The van der Waals surface area contributed by atoms with Crippen molar-refractivity contribution in [1.82, 2.24) is 14.5 Å². The molecule has 0 aliphatic heterocycles. The molecule has 2 aliphatic rings. The van der Waals surface area contributed by atoms with Crippen LogP contribution in [0.5, 0.6) is 11.5 Å². The highest BCUT2D eigenvalue weighted by atomic mass is 79.9. The molecule has 0 bridgehead atoms. The van der Waals surface area contributed by atoms with Gasteiger partial charge in [-0.3, -0.25) is 24.4 Å². The Labute approximate surface area is 291 Å². The summed E-state index contributed by atoms with van der Waals surface area (Å²) in [4.78, 5) is 44.1. The molecule has 244 valence electrons. The standard InChI is InChI=1S/C22H19ClN2O3.C16H14BrNO2/c1-25-12-16(9-20(23)22(25)27)15-8-14-5-6-18(26)11-19(14)21(10-15)28-13-17-4-2-3-7-24-17;17-12-7-11-4-5-14(19)9-15(11)16(8-12)20-10-13-3-1-2-6-18-13/h2-4,7-10,12H,5-6,11,13H2,1H3;1-3,6-8H,4-5,9-10H2. The summed E-state index contributed by atoms with van der Waals surface area (Å²) in [6.45, 7) is 0.733. The molecule has 7 rings (SSSR count). The van der Waals surface area contributed by atoms with Crippen molar-refractivity contribution in [2.75, 3.05) is 0 Å². The van der Waals surface area contributed by atoms with Gasteiger partial charge in [0.1, 0.15) is 41.3 Å². The summed E-state index contributed by atoms with van der Waals surface area (Å²) in [5.74, 6) is 1.96. The van der Waals surface area contributed by atoms with E-state index in [1.54, 1.807) is 31.7 Å². The number of carbonyl (C=O) groups excluding carboxylic acids is 2. The number of rotatable bonds is 7. The highest BCUT2D eigenvalue weighted by molar-refractivity contribution is 9.10. The smallest absolute Gasteiger partial charge is 0.269 e. The molecule has 0 fully saturated rings. The van der Waals surface area contributed by atoms with Gasteiger partial charge in [-0.25, -0.2) is 0 Å². The SMILES string of the molecule is Cn1cc(-c2cc3c(c(OCc4ccccn4)c2)CC(=O)CC3)cc(Cl)c1=O.O=C1CCc2cc(Br)cc(OCc3ccccn3)c2C1. The monoisotopic (exact) mass is 725 g/mol. The zero-order valence-corrected chi connectivity index (χ0v) is 28.7. The molecular weight excluding hydrogens is 694 g/mol. The molecule has 3 heterocycles. The van der Waals surface area contributed by atoms with E-state index in [2.05, 4.69) is 38.0 Å². The van der Waals surface area contributed by atoms with Crippen LogP contribution in [0, 0.1) is 0 Å². The lowest BCUT2D eigenvalue weighted by Gasteiger charge is -2.21. The van der Waals surface area contributed by atoms with Gasteiger partial charge in [-0.1, -0.05) is 45.7 Å². The fourth-order valence-corrected chi connectivity index (χ4v) is 6.59. The first-order valence-electron chi connectivity index (χ1n) is 15.7. The summed E-state index contributed by atoms with van der Waals surface area (Å²) in [5.41, 5.74) is 7.45. The molecule has 3 aromatic heterocycles. The fourth-order valence-electron chi connectivity index (χ4n) is 5.86. The van der Waals surface area contributed by atoms with Gasteiger partial charge in [-0.2, -0.15) is 0 Å². The largest absolute Gasteiger partial charge is 0.487 e. The summed E-state index contributed by atoms with van der Waals surface area (Å²) < 4.78 is 14.4. The highest BCUT2D eigenvalue weighted by Gasteiger charge is 2.22. The number of ether oxygens (including phenoxy) is 2. The lowest BCUT2D eigenvalue weighted by molar-refractivity contribution is -0.119. The summed E-state index contributed by atoms with van der Waals surface area (Å²) >= 11 is 9.60. The lowest BCUT2D eigenvalue weighted by Crippen LogP contribution is -2.17. The average Bonchev–Trinajstić information content (AvgIpc) is 3.09. The van der Waals surface area contributed by atoms with Crippen LogP contribution in [0.15, 0.2) is 94.6 Å². The molecule has 0 unspecified atom stereocenters. The van der Waals surface area contributed by atoms with Crippen LogP contribution in [0.3, 0.4) is 0 Å². The van der Waals surface area contributed by atoms with Crippen molar-refractivity contribution in [3.63, 3.8) is 0 Å². The minimum atomic E-state index is -0.236. The Bertz CT molecular complexity index is 2010. The van der Waals surface area contributed by atoms with E-state index in [4.69, 9.17) is 21.1 Å². The zero-order valence-electron chi connectivity index (χ0n) is 26.4. The zero-order chi connectivity index (χ0) is 33.6. The summed E-state index contributed by atoms with van der Waals surface area (Å²) in [5, 5.41) is 0.170. The first-order valence-corrected chi connectivity index (χ1v) is 16.8. The molecule has 10 heteroatoms. The van der Waals surface area contributed by atoms with Crippen LogP contribution in [0.1, 0.15) is 46.5 Å². The number of halogens is 2. The predicted molar refractivity (Wildman–Crippen MR) is 187 cm³/mol. The molecule has 0 N–H and O–H groups in total. The van der Waals surface area contributed by atoms with E-state index in [0.717, 1.165) is 55.8 Å². The van der Waals surface area contributed by atoms with Crippen molar-refractivity contribution in [3.05, 3.63) is 139 Å². The Morgan fingerprint density at radius 3 is 1.83 bits per heavy atom. The van der Waals surface area contributed by atoms with Gasteiger partial charge in [0.25, 0.3) is 5.56 Å². The Kier molecular flexibility index (Phi) is 10.5. The van der Waals surface area contributed by atoms with E-state index in [1.165, 1.54) is 10.1 Å². The number of aryl methyl sites for hydroxylation is 3. The Morgan fingerprint density at radius 2 is 1.29 bits per heavy atom. The van der Waals surface area contributed by atoms with Gasteiger partial charge < -0.3 is 14.0 Å². The number of hydrogen-bond acceptors (Lipinski definition) is 7. The van der Waals surface area contributed by atoms with E-state index in [-0.39, 0.29) is 22.1 Å². The van der Waals surface area contributed by atoms with Crippen LogP contribution >= 0.6 is 27.5 Å². The minimum Gasteiger partial charge on any atom is -0.487 e. The maximum Gasteiger partial charge on any atom is 0.269 e. The molecule has 0 atom stereocenters. The van der Waals surface area contributed by atoms with Gasteiger partial charge >= 0.3 is 0 Å². The molecule has 0 radical (unpaired) electrons. The van der Waals surface area contributed by atoms with Crippen molar-refractivity contribution < 1.29 is 19.1 Å². The number of pyridine rings is 3. The molecular formula is C38H33BrClN3O5. The maximum atomic E-state index is 12.0. The Hall–Kier alpha value is -4.60. The van der Waals surface area contributed by atoms with Crippen LogP contribution in [0.2, 0.25) is 5.02 Å². The summed E-state index contributed by atoms with van der Waals surface area (Å²) in [6.07, 6.45) is 8.72. The predicted octanol–water partition coefficient (Wildman–Crippen LogP) is 7.22. The molecule has 0 saturated carbocycles. The van der Waals surface area contributed by atoms with E-state index in [9.17, 15) is 14.4 Å². The van der Waals surface area contributed by atoms with E-state index in [0.29, 0.717) is 51.1 Å². The minimum absolute atomic E-state index is 0.170. The molecule has 2 aromatic carbocycles. The topological polar surface area (TPSA) is 100 Å². The normalized spacial score (nSPS) is 13.6. The highest BCUT2D eigenvalue weighted by Crippen LogP contribution is 2.35. The van der Waals surface area contributed by atoms with Gasteiger partial charge in [0.15, 0.2) is 0 Å². The molecule has 0 saturated heterocycles. The fraction of sp³-hybridized carbons (Fsp3) is 0.237. The van der Waals surface area contributed by atoms with Gasteiger partial charge in [0, 0.05) is 66.9 Å². The molecule has 8 nitrogen and oxygen atoms in total. The Balaban J connectivity index is 0.000000177. The van der Waals surface area contributed by atoms with Gasteiger partial charge in [-0.15, -0.1) is 0 Å². The number of aromatic nitrogens is 3. The number of fused-ring (bicyclic) bond motifs is 2. The number of carbonyl (C=O) groups is 2. The van der Waals surface area contributed by atoms with Crippen LogP contribution in [0.4, 0.5) is 0 Å². The van der Waals surface area contributed by atoms with E-state index in [1.807, 2.05) is 48.5 Å². The average molecular weight is 727 g/mol. The van der Waals surface area contributed by atoms with Gasteiger partial charge in [-0.05, 0) is 83.6 Å². The number of benzene rings is 2. The van der Waals surface area contributed by atoms with Crippen molar-refractivity contribution >= 4 is 39.1 Å². The second-order valence-corrected chi connectivity index (χ2v) is 13.1. The van der Waals surface area contributed by atoms with Crippen LogP contribution in [-0.4, -0.2) is 26.1 Å². The van der Waals surface area contributed by atoms with E-state index >= 15 is 0 Å². The second-order valence-electron chi connectivity index (χ2n) is 11.8. The summed E-state index contributed by atoms with van der Waals surface area (Å²) in [7, 11) is 1.67. The molecule has 5 aromatic rings. The number of hydrogen-bond donors (Lipinski definition) is 0. The molecule has 2 aliphatic carbocycles. The number of nitrogens with zero attached hydrogens (tertiary/aromatic N) is 3. The summed E-state index contributed by atoms with van der Waals surface area (Å²) in [6, 6.07) is 21.1. The third kappa shape index (κ3) is 8.09. The van der Waals surface area contributed by atoms with Crippen LogP contribution in [-0.2, 0) is 55.5 Å². The van der Waals surface area contributed by atoms with Gasteiger partial charge in [0.05, 0.1) is 11.4 Å². The maximum absolute atomic E-state index is 12.0. The third-order valence-electron chi connectivity index (χ3n) is 8.34. The Morgan fingerprint density at radius 1 is 0.729 bits per heavy atom. The van der Waals surface area contributed by atoms with Gasteiger partial charge in [0.2, 0.25) is 0 Å². The third-order valence-corrected chi connectivity index (χ3v) is 9.07. The number of Topliss-reactive ketones (excluding diaryl/α,β-unsaturated/α-hetero) is 2. The van der Waals surface area contributed by atoms with Crippen molar-refractivity contribution in [1.29, 1.82) is 0 Å². The second kappa shape index (κ2) is 15.1. The van der Waals surface area contributed by atoms with Crippen LogP contribution in [0.25, 0.3) is 11.1 Å². The van der Waals surface area contributed by atoms with Crippen molar-refractivity contribution in [2.24, 2.45) is 7.05 Å². The quantitative estimate of drug-likeness (QED) is 0.175. The van der Waals surface area contributed by atoms with Crippen molar-refractivity contribution in [3.8, 4) is 22.6 Å². The first-order chi connectivity index (χ1) is 23.2. The first kappa shape index (κ1) is 33.3. The lowest BCUT2D eigenvalue weighted by atomic mass is 9.87. The van der Waals surface area contributed by atoms with E-state index < -0.39 is 0 Å². The molecule has 0 spiro atoms. The number of ketones is 2. The molecule has 48 heavy (non-hydrogen) atoms.